The quantitative estimate of drug-likeness (QED) is 0.0839. The van der Waals surface area contributed by atoms with E-state index in [9.17, 15) is 44.1 Å². The molecule has 3 N–H and O–H groups in total. The largest absolute Gasteiger partial charge is 0.506 e. The Kier molecular flexibility index (Phi) is 10.7. The maximum absolute atomic E-state index is 13.7. The van der Waals surface area contributed by atoms with Crippen LogP contribution in [-0.4, -0.2) is 46.9 Å². The average molecular weight is 718 g/mol. The van der Waals surface area contributed by atoms with Gasteiger partial charge >= 0.3 is 35.0 Å². The number of para-hydroxylation sites is 3. The Morgan fingerprint density at radius 1 is 0.521 bits per heavy atom. The SMILES string of the molecule is CC(OC(=O)c1cccc(S)c1O)n1c(=O)n(C(C)OC(=O)c2cccc(S)c2O)c(=O)n(C(C)OC(=O)c2cccc(S)c2O)c1=O. The van der Waals surface area contributed by atoms with Gasteiger partial charge < -0.3 is 29.5 Å². The number of aromatic nitrogens is 3. The van der Waals surface area contributed by atoms with Crippen LogP contribution in [0.3, 0.4) is 0 Å². The highest BCUT2D eigenvalue weighted by Crippen LogP contribution is 2.29. The lowest BCUT2D eigenvalue weighted by Crippen LogP contribution is -2.57. The number of aromatic hydroxyl groups is 3. The molecular formula is C30H27N3O12S3. The van der Waals surface area contributed by atoms with E-state index in [2.05, 4.69) is 37.9 Å². The Bertz CT molecular complexity index is 1860. The summed E-state index contributed by atoms with van der Waals surface area (Å²) in [6.07, 6.45) is -5.34. The number of ether oxygens (including phenoxy) is 3. The van der Waals surface area contributed by atoms with E-state index in [1.807, 2.05) is 0 Å². The first-order valence-electron chi connectivity index (χ1n) is 13.7. The van der Waals surface area contributed by atoms with Crippen molar-refractivity contribution in [1.82, 2.24) is 13.7 Å². The third-order valence-electron chi connectivity index (χ3n) is 6.86. The molecule has 0 bridgehead atoms. The topological polar surface area (TPSA) is 206 Å². The number of carbonyl (C=O) groups is 3. The zero-order valence-electron chi connectivity index (χ0n) is 25.1. The van der Waals surface area contributed by atoms with Gasteiger partial charge in [0.2, 0.25) is 0 Å². The summed E-state index contributed by atoms with van der Waals surface area (Å²) in [5, 5.41) is 30.8. The third kappa shape index (κ3) is 6.95. The molecule has 0 fully saturated rings. The predicted molar refractivity (Wildman–Crippen MR) is 176 cm³/mol. The number of thiol groups is 3. The Balaban J connectivity index is 1.82. The first-order chi connectivity index (χ1) is 22.6. The summed E-state index contributed by atoms with van der Waals surface area (Å²) in [6.45, 7) is 3.30. The minimum atomic E-state index is -1.78. The zero-order valence-corrected chi connectivity index (χ0v) is 27.8. The second-order valence-electron chi connectivity index (χ2n) is 9.99. The minimum absolute atomic E-state index is 0.0282. The molecule has 0 saturated carbocycles. The highest BCUT2D eigenvalue weighted by atomic mass is 32.1. The highest BCUT2D eigenvalue weighted by molar-refractivity contribution is 7.80. The van der Waals surface area contributed by atoms with Crippen LogP contribution in [-0.2, 0) is 14.2 Å². The Morgan fingerprint density at radius 2 is 0.750 bits per heavy atom. The van der Waals surface area contributed by atoms with Crippen LogP contribution in [0.5, 0.6) is 17.2 Å². The van der Waals surface area contributed by atoms with Crippen molar-refractivity contribution in [3.63, 3.8) is 0 Å². The van der Waals surface area contributed by atoms with Gasteiger partial charge in [0.25, 0.3) is 0 Å². The molecule has 18 heteroatoms. The van der Waals surface area contributed by atoms with E-state index in [1.165, 1.54) is 54.6 Å². The van der Waals surface area contributed by atoms with Crippen LogP contribution in [0, 0.1) is 0 Å². The molecule has 0 amide bonds. The van der Waals surface area contributed by atoms with E-state index >= 15 is 0 Å². The molecule has 48 heavy (non-hydrogen) atoms. The molecule has 15 nitrogen and oxygen atoms in total. The molecule has 0 radical (unpaired) electrons. The average Bonchev–Trinajstić information content (AvgIpc) is 3.00. The van der Waals surface area contributed by atoms with Gasteiger partial charge in [-0.3, -0.25) is 0 Å². The number of nitrogens with zero attached hydrogens (tertiary/aromatic N) is 3. The van der Waals surface area contributed by atoms with Crippen LogP contribution in [0.25, 0.3) is 0 Å². The van der Waals surface area contributed by atoms with Crippen molar-refractivity contribution < 1.29 is 43.9 Å². The van der Waals surface area contributed by atoms with Crippen molar-refractivity contribution in [2.24, 2.45) is 0 Å². The first kappa shape index (κ1) is 35.8. The summed E-state index contributed by atoms with van der Waals surface area (Å²) in [5.74, 6) is -5.19. The molecule has 0 spiro atoms. The Hall–Kier alpha value is -5.07. The van der Waals surface area contributed by atoms with Crippen molar-refractivity contribution in [1.29, 1.82) is 0 Å². The normalized spacial score (nSPS) is 12.9. The van der Waals surface area contributed by atoms with Crippen LogP contribution >= 0.6 is 37.9 Å². The maximum atomic E-state index is 13.7. The molecular weight excluding hydrogens is 691 g/mol. The Labute approximate surface area is 286 Å². The smallest absolute Gasteiger partial charge is 0.343 e. The molecule has 0 aliphatic rings. The lowest BCUT2D eigenvalue weighted by molar-refractivity contribution is -0.00606. The molecule has 3 aromatic carbocycles. The summed E-state index contributed by atoms with van der Waals surface area (Å²) < 4.78 is 16.8. The van der Waals surface area contributed by atoms with E-state index in [-0.39, 0.29) is 31.4 Å². The van der Waals surface area contributed by atoms with Crippen molar-refractivity contribution in [2.75, 3.05) is 0 Å². The predicted octanol–water partition coefficient (Wildman–Crippen LogP) is 3.28. The van der Waals surface area contributed by atoms with Gasteiger partial charge in [-0.2, -0.15) is 0 Å². The minimum Gasteiger partial charge on any atom is -0.506 e. The van der Waals surface area contributed by atoms with Gasteiger partial charge in [0, 0.05) is 14.7 Å². The molecule has 0 aliphatic heterocycles. The fraction of sp³-hybridized carbons (Fsp3) is 0.200. The molecule has 3 atom stereocenters. The summed E-state index contributed by atoms with van der Waals surface area (Å²) in [7, 11) is 0. The molecule has 1 heterocycles. The maximum Gasteiger partial charge on any atom is 0.343 e. The van der Waals surface area contributed by atoms with E-state index in [0.717, 1.165) is 20.8 Å². The number of hydrogen-bond donors (Lipinski definition) is 6. The van der Waals surface area contributed by atoms with E-state index in [4.69, 9.17) is 14.2 Å². The standard InChI is InChI=1S/C30H27N3O12S3/c1-13(43-25(37)16-7-4-10-19(46)22(16)34)31-28(40)32(14(2)44-26(38)17-8-5-11-20(47)23(17)35)30(42)33(29(31)41)15(3)45-27(39)18-9-6-12-21(48)24(18)36/h4-15,34-36,46-48H,1-3H3. The number of benzene rings is 3. The fourth-order valence-corrected chi connectivity index (χ4v) is 5.05. The van der Waals surface area contributed by atoms with Crippen LogP contribution in [0.4, 0.5) is 0 Å². The molecule has 0 saturated heterocycles. The summed E-state index contributed by atoms with van der Waals surface area (Å²) in [6, 6.07) is 11.9. The number of carbonyl (C=O) groups excluding carboxylic acids is 3. The number of phenolic OH excluding ortho intramolecular Hbond substituents is 3. The number of hydrogen-bond acceptors (Lipinski definition) is 15. The van der Waals surface area contributed by atoms with Crippen LogP contribution in [0.1, 0.15) is 70.5 Å². The van der Waals surface area contributed by atoms with Gasteiger partial charge in [-0.15, -0.1) is 37.9 Å². The van der Waals surface area contributed by atoms with Crippen LogP contribution in [0.15, 0.2) is 83.7 Å². The van der Waals surface area contributed by atoms with Crippen molar-refractivity contribution >= 4 is 55.8 Å². The van der Waals surface area contributed by atoms with Gasteiger partial charge in [0.1, 0.15) is 33.9 Å². The molecule has 0 aliphatic carbocycles. The highest BCUT2D eigenvalue weighted by Gasteiger charge is 2.30. The lowest BCUT2D eigenvalue weighted by Gasteiger charge is -2.24. The first-order valence-corrected chi connectivity index (χ1v) is 15.1. The monoisotopic (exact) mass is 717 g/mol. The van der Waals surface area contributed by atoms with Gasteiger partial charge in [-0.1, -0.05) is 18.2 Å². The van der Waals surface area contributed by atoms with E-state index < -0.39 is 70.9 Å². The number of esters is 3. The summed E-state index contributed by atoms with van der Waals surface area (Å²) in [5.41, 5.74) is -5.34. The van der Waals surface area contributed by atoms with E-state index in [0.29, 0.717) is 13.7 Å². The van der Waals surface area contributed by atoms with Crippen LogP contribution < -0.4 is 17.1 Å². The van der Waals surface area contributed by atoms with Gasteiger partial charge in [0.05, 0.1) is 0 Å². The van der Waals surface area contributed by atoms with Crippen molar-refractivity contribution in [2.45, 2.75) is 54.1 Å². The van der Waals surface area contributed by atoms with Crippen molar-refractivity contribution in [3.8, 4) is 17.2 Å². The molecule has 4 rings (SSSR count). The second kappa shape index (κ2) is 14.4. The van der Waals surface area contributed by atoms with Gasteiger partial charge in [-0.05, 0) is 57.2 Å². The zero-order chi connectivity index (χ0) is 35.6. The molecule has 252 valence electrons. The van der Waals surface area contributed by atoms with E-state index in [1.54, 1.807) is 0 Å². The summed E-state index contributed by atoms with van der Waals surface area (Å²) in [4.78, 5) is 80.1. The van der Waals surface area contributed by atoms with Crippen LogP contribution in [0.2, 0.25) is 0 Å². The summed E-state index contributed by atoms with van der Waals surface area (Å²) >= 11 is 12.1. The molecule has 1 aromatic heterocycles. The number of rotatable bonds is 9. The Morgan fingerprint density at radius 3 is 0.979 bits per heavy atom. The van der Waals surface area contributed by atoms with Gasteiger partial charge in [0.15, 0.2) is 18.7 Å². The fourth-order valence-electron chi connectivity index (χ4n) is 4.43. The van der Waals surface area contributed by atoms with Crippen molar-refractivity contribution in [3.05, 3.63) is 103 Å². The second-order valence-corrected chi connectivity index (χ2v) is 11.4. The molecule has 4 aromatic rings. The third-order valence-corrected chi connectivity index (χ3v) is 7.95. The lowest BCUT2D eigenvalue weighted by atomic mass is 10.2. The molecule has 3 unspecified atom stereocenters. The van der Waals surface area contributed by atoms with Gasteiger partial charge in [-0.25, -0.2) is 42.5 Å². The number of phenols is 3.